The second-order valence-electron chi connectivity index (χ2n) is 5.33. The average molecular weight is 352 g/mol. The Bertz CT molecular complexity index is 1030. The number of benzene rings is 3. The third-order valence-electron chi connectivity index (χ3n) is 3.70. The highest BCUT2D eigenvalue weighted by molar-refractivity contribution is 6.03. The van der Waals surface area contributed by atoms with Gasteiger partial charge in [0.2, 0.25) is 0 Å². The van der Waals surface area contributed by atoms with Gasteiger partial charge in [0.05, 0.1) is 21.7 Å². The number of phenolic OH excluding ortho intramolecular Hbond substituents is 1. The lowest BCUT2D eigenvalue weighted by Gasteiger charge is -2.05. The highest BCUT2D eigenvalue weighted by atomic mass is 16.6. The smallest absolute Gasteiger partial charge is 0.270 e. The fourth-order valence-electron chi connectivity index (χ4n) is 2.41. The molecule has 0 aromatic heterocycles. The van der Waals surface area contributed by atoms with Crippen LogP contribution in [0.5, 0.6) is 5.75 Å². The van der Waals surface area contributed by atoms with Gasteiger partial charge >= 0.3 is 0 Å². The topological polar surface area (TPSA) is 131 Å². The first kappa shape index (κ1) is 16.8. The van der Waals surface area contributed by atoms with Crippen molar-refractivity contribution < 1.29 is 15.0 Å². The first-order valence-corrected chi connectivity index (χ1v) is 7.39. The summed E-state index contributed by atoms with van der Waals surface area (Å²) in [6, 6.07) is 13.0. The van der Waals surface area contributed by atoms with Crippen molar-refractivity contribution in [2.45, 2.75) is 0 Å². The van der Waals surface area contributed by atoms with E-state index in [2.05, 4.69) is 10.5 Å². The molecule has 9 heteroatoms. The minimum absolute atomic E-state index is 0.0272. The number of rotatable bonds is 5. The van der Waals surface area contributed by atoms with Crippen LogP contribution in [-0.2, 0) is 0 Å². The van der Waals surface area contributed by atoms with Crippen LogP contribution in [0.1, 0.15) is 5.56 Å². The predicted molar refractivity (Wildman–Crippen MR) is 96.6 cm³/mol. The summed E-state index contributed by atoms with van der Waals surface area (Å²) in [5.41, 5.74) is 3.55. The summed E-state index contributed by atoms with van der Waals surface area (Å²) in [5.74, 6) is -0.0272. The Balaban J connectivity index is 1.87. The number of hydrogen-bond acceptors (Lipinski definition) is 7. The molecular weight excluding hydrogens is 340 g/mol. The molecule has 0 aliphatic heterocycles. The molecule has 0 amide bonds. The molecule has 0 aliphatic carbocycles. The zero-order valence-corrected chi connectivity index (χ0v) is 13.2. The van der Waals surface area contributed by atoms with Crippen LogP contribution in [0.4, 0.5) is 17.1 Å². The molecule has 0 aliphatic rings. The van der Waals surface area contributed by atoms with Gasteiger partial charge in [0.1, 0.15) is 5.75 Å². The molecule has 3 aromatic rings. The van der Waals surface area contributed by atoms with E-state index < -0.39 is 9.85 Å². The van der Waals surface area contributed by atoms with Gasteiger partial charge in [-0.2, -0.15) is 5.10 Å². The number of aromatic hydroxyl groups is 1. The number of phenols is 1. The van der Waals surface area contributed by atoms with Crippen LogP contribution in [0.15, 0.2) is 59.7 Å². The molecule has 9 nitrogen and oxygen atoms in total. The zero-order chi connectivity index (χ0) is 18.7. The Morgan fingerprint density at radius 1 is 0.923 bits per heavy atom. The maximum atomic E-state index is 10.9. The molecule has 0 unspecified atom stereocenters. The fraction of sp³-hybridized carbons (Fsp3) is 0. The normalized spacial score (nSPS) is 10.9. The summed E-state index contributed by atoms with van der Waals surface area (Å²) >= 11 is 0. The van der Waals surface area contributed by atoms with E-state index in [4.69, 9.17) is 0 Å². The fourth-order valence-corrected chi connectivity index (χ4v) is 2.41. The third kappa shape index (κ3) is 3.41. The molecule has 130 valence electrons. The molecule has 0 atom stereocenters. The third-order valence-corrected chi connectivity index (χ3v) is 3.70. The predicted octanol–water partition coefficient (Wildman–Crippen LogP) is 3.81. The van der Waals surface area contributed by atoms with E-state index in [9.17, 15) is 25.3 Å². The Labute approximate surface area is 146 Å². The molecule has 0 radical (unpaired) electrons. The Kier molecular flexibility index (Phi) is 4.44. The SMILES string of the molecule is O=[N+]([O-])c1ccc(N/N=C/c2c(O)ccc3cc([N+](=O)[O-])ccc23)cc1. The van der Waals surface area contributed by atoms with E-state index in [1.54, 1.807) is 12.1 Å². The summed E-state index contributed by atoms with van der Waals surface area (Å²) in [7, 11) is 0. The second kappa shape index (κ2) is 6.85. The Hall–Kier alpha value is -4.01. The van der Waals surface area contributed by atoms with Crippen molar-refractivity contribution in [3.8, 4) is 5.75 Å². The van der Waals surface area contributed by atoms with Crippen molar-refractivity contribution in [1.82, 2.24) is 0 Å². The largest absolute Gasteiger partial charge is 0.507 e. The van der Waals surface area contributed by atoms with Crippen molar-refractivity contribution >= 4 is 34.0 Å². The van der Waals surface area contributed by atoms with E-state index in [1.807, 2.05) is 0 Å². The number of nitro benzene ring substituents is 2. The van der Waals surface area contributed by atoms with Gasteiger partial charge in [0.25, 0.3) is 11.4 Å². The Morgan fingerprint density at radius 3 is 2.23 bits per heavy atom. The molecule has 0 saturated carbocycles. The number of non-ortho nitro benzene ring substituents is 2. The van der Waals surface area contributed by atoms with Crippen molar-refractivity contribution in [2.75, 3.05) is 5.43 Å². The van der Waals surface area contributed by atoms with E-state index in [-0.39, 0.29) is 17.1 Å². The van der Waals surface area contributed by atoms with Gasteiger partial charge in [-0.1, -0.05) is 6.07 Å². The van der Waals surface area contributed by atoms with E-state index in [0.717, 1.165) is 0 Å². The van der Waals surface area contributed by atoms with Crippen LogP contribution in [0.2, 0.25) is 0 Å². The van der Waals surface area contributed by atoms with Gasteiger partial charge in [-0.05, 0) is 35.0 Å². The minimum atomic E-state index is -0.500. The number of anilines is 1. The summed E-state index contributed by atoms with van der Waals surface area (Å²) < 4.78 is 0. The van der Waals surface area contributed by atoms with Gasteiger partial charge in [0, 0.05) is 29.8 Å². The van der Waals surface area contributed by atoms with Crippen LogP contribution in [0, 0.1) is 20.2 Å². The maximum absolute atomic E-state index is 10.9. The van der Waals surface area contributed by atoms with Crippen LogP contribution >= 0.6 is 0 Å². The maximum Gasteiger partial charge on any atom is 0.270 e. The number of fused-ring (bicyclic) bond motifs is 1. The van der Waals surface area contributed by atoms with E-state index >= 15 is 0 Å². The number of nitrogens with zero attached hydrogens (tertiary/aromatic N) is 3. The lowest BCUT2D eigenvalue weighted by Crippen LogP contribution is -1.94. The second-order valence-corrected chi connectivity index (χ2v) is 5.33. The molecule has 0 fully saturated rings. The first-order valence-electron chi connectivity index (χ1n) is 7.39. The average Bonchev–Trinajstić information content (AvgIpc) is 2.63. The van der Waals surface area contributed by atoms with Gasteiger partial charge < -0.3 is 5.11 Å². The van der Waals surface area contributed by atoms with Crippen LogP contribution < -0.4 is 5.43 Å². The number of hydrogen-bond donors (Lipinski definition) is 2. The standard InChI is InChI=1S/C17H12N4O5/c22-17-8-1-11-9-14(21(25)26)6-7-15(11)16(17)10-18-19-12-2-4-13(5-3-12)20(23)24/h1-10,19,22H/b18-10+. The summed E-state index contributed by atoms with van der Waals surface area (Å²) in [5, 5.41) is 36.8. The summed E-state index contributed by atoms with van der Waals surface area (Å²) in [4.78, 5) is 20.5. The van der Waals surface area contributed by atoms with Gasteiger partial charge in [-0.25, -0.2) is 0 Å². The molecule has 3 aromatic carbocycles. The molecule has 2 N–H and O–H groups in total. The lowest BCUT2D eigenvalue weighted by molar-refractivity contribution is -0.385. The van der Waals surface area contributed by atoms with Crippen LogP contribution in [0.3, 0.4) is 0 Å². The molecule has 3 rings (SSSR count). The molecule has 0 bridgehead atoms. The number of nitro groups is 2. The monoisotopic (exact) mass is 352 g/mol. The van der Waals surface area contributed by atoms with E-state index in [1.165, 1.54) is 48.7 Å². The van der Waals surface area contributed by atoms with Crippen LogP contribution in [-0.4, -0.2) is 21.2 Å². The quantitative estimate of drug-likeness (QED) is 0.408. The summed E-state index contributed by atoms with van der Waals surface area (Å²) in [6.45, 7) is 0. The highest BCUT2D eigenvalue weighted by Gasteiger charge is 2.10. The van der Waals surface area contributed by atoms with Crippen molar-refractivity contribution in [2.24, 2.45) is 5.10 Å². The van der Waals surface area contributed by atoms with Crippen molar-refractivity contribution in [3.63, 3.8) is 0 Å². The van der Waals surface area contributed by atoms with E-state index in [0.29, 0.717) is 22.0 Å². The first-order chi connectivity index (χ1) is 12.5. The Morgan fingerprint density at radius 2 is 1.58 bits per heavy atom. The van der Waals surface area contributed by atoms with Crippen LogP contribution in [0.25, 0.3) is 10.8 Å². The van der Waals surface area contributed by atoms with Crippen molar-refractivity contribution in [3.05, 3.63) is 80.4 Å². The lowest BCUT2D eigenvalue weighted by atomic mass is 10.0. The highest BCUT2D eigenvalue weighted by Crippen LogP contribution is 2.28. The molecular formula is C17H12N4O5. The molecule has 0 spiro atoms. The van der Waals surface area contributed by atoms with Crippen molar-refractivity contribution in [1.29, 1.82) is 0 Å². The number of hydrazone groups is 1. The molecule has 26 heavy (non-hydrogen) atoms. The molecule has 0 heterocycles. The number of nitrogens with one attached hydrogen (secondary N) is 1. The van der Waals surface area contributed by atoms with Gasteiger partial charge in [-0.15, -0.1) is 0 Å². The molecule has 0 saturated heterocycles. The zero-order valence-electron chi connectivity index (χ0n) is 13.2. The van der Waals surface area contributed by atoms with Gasteiger partial charge in [-0.3, -0.25) is 25.7 Å². The minimum Gasteiger partial charge on any atom is -0.507 e. The summed E-state index contributed by atoms with van der Waals surface area (Å²) in [6.07, 6.45) is 1.38. The van der Waals surface area contributed by atoms with Gasteiger partial charge in [0.15, 0.2) is 0 Å².